The second-order valence-electron chi connectivity index (χ2n) is 7.75. The zero-order chi connectivity index (χ0) is 22.5. The number of anilines is 2. The Bertz CT molecular complexity index is 1290. The number of hydrazone groups is 2. The Morgan fingerprint density at radius 2 is 1.62 bits per heavy atom. The standard InChI is InChI=1S/C25H21ClN4OS/c1-16-22(26)14-9-15-23(16)30-25(32-24(28-30)18(3)31)21-13-8-7-12-20(21)17(2)27-29(25)19-10-5-4-6-11-19/h4-15H,1-3H3/t25-/m1/s1. The third-order valence-corrected chi connectivity index (χ3v) is 7.51. The van der Waals surface area contributed by atoms with E-state index in [0.29, 0.717) is 10.1 Å². The van der Waals surface area contributed by atoms with E-state index in [0.717, 1.165) is 33.8 Å². The van der Waals surface area contributed by atoms with Crippen molar-refractivity contribution in [2.24, 2.45) is 10.2 Å². The number of ketones is 1. The van der Waals surface area contributed by atoms with Gasteiger partial charge in [0.25, 0.3) is 0 Å². The van der Waals surface area contributed by atoms with E-state index in [1.54, 1.807) is 6.92 Å². The smallest absolute Gasteiger partial charge is 0.234 e. The molecule has 0 bridgehead atoms. The molecule has 5 rings (SSSR count). The number of hydrogen-bond donors (Lipinski definition) is 0. The maximum absolute atomic E-state index is 12.6. The number of hydrogen-bond acceptors (Lipinski definition) is 6. The molecule has 0 aliphatic carbocycles. The molecule has 1 atom stereocenters. The van der Waals surface area contributed by atoms with Gasteiger partial charge in [-0.2, -0.15) is 10.2 Å². The first kappa shape index (κ1) is 20.8. The lowest BCUT2D eigenvalue weighted by molar-refractivity contribution is -0.110. The first-order valence-corrected chi connectivity index (χ1v) is 11.5. The molecule has 0 unspecified atom stereocenters. The second kappa shape index (κ2) is 7.80. The number of thioether (sulfide) groups is 1. The zero-order valence-electron chi connectivity index (χ0n) is 17.9. The molecule has 2 aliphatic rings. The molecule has 7 heteroatoms. The summed E-state index contributed by atoms with van der Waals surface area (Å²) in [7, 11) is 0. The van der Waals surface area contributed by atoms with Crippen LogP contribution in [0, 0.1) is 6.92 Å². The summed E-state index contributed by atoms with van der Waals surface area (Å²) in [5.41, 5.74) is 5.55. The number of carbonyl (C=O) groups is 1. The minimum absolute atomic E-state index is 0.0895. The lowest BCUT2D eigenvalue weighted by Gasteiger charge is -2.47. The van der Waals surface area contributed by atoms with Gasteiger partial charge in [-0.05, 0) is 55.4 Å². The highest BCUT2D eigenvalue weighted by Crippen LogP contribution is 2.55. The van der Waals surface area contributed by atoms with Gasteiger partial charge < -0.3 is 0 Å². The van der Waals surface area contributed by atoms with E-state index in [1.807, 2.05) is 84.5 Å². The quantitative estimate of drug-likeness (QED) is 0.469. The number of halogens is 1. The SMILES string of the molecule is CC(=O)C1=NN(c2cccc(Cl)c2C)[C@@]2(S1)c1ccccc1C(C)=NN2c1ccccc1. The van der Waals surface area contributed by atoms with E-state index in [-0.39, 0.29) is 5.78 Å². The van der Waals surface area contributed by atoms with Gasteiger partial charge in [0.05, 0.1) is 17.1 Å². The number of benzene rings is 3. The number of rotatable bonds is 3. The summed E-state index contributed by atoms with van der Waals surface area (Å²) in [5, 5.41) is 14.8. The van der Waals surface area contributed by atoms with Crippen molar-refractivity contribution in [2.75, 3.05) is 10.0 Å². The molecule has 5 nitrogen and oxygen atoms in total. The van der Waals surface area contributed by atoms with Crippen LogP contribution in [0.2, 0.25) is 5.02 Å². The first-order chi connectivity index (χ1) is 15.4. The van der Waals surface area contributed by atoms with Crippen molar-refractivity contribution in [1.82, 2.24) is 0 Å². The summed E-state index contributed by atoms with van der Waals surface area (Å²) in [6, 6.07) is 23.9. The van der Waals surface area contributed by atoms with Gasteiger partial charge in [0.15, 0.2) is 10.8 Å². The molecule has 0 radical (unpaired) electrons. The summed E-state index contributed by atoms with van der Waals surface area (Å²) in [4.78, 5) is 11.6. The van der Waals surface area contributed by atoms with E-state index in [2.05, 4.69) is 12.1 Å². The Kier molecular flexibility index (Phi) is 5.07. The molecule has 1 spiro atoms. The summed E-state index contributed by atoms with van der Waals surface area (Å²) < 4.78 is 0. The van der Waals surface area contributed by atoms with Crippen molar-refractivity contribution >= 4 is 51.3 Å². The number of nitrogens with zero attached hydrogens (tertiary/aromatic N) is 4. The van der Waals surface area contributed by atoms with Gasteiger partial charge in [0.1, 0.15) is 0 Å². The molecule has 0 saturated heterocycles. The average Bonchev–Trinajstić information content (AvgIpc) is 3.20. The van der Waals surface area contributed by atoms with Crippen LogP contribution in [0.5, 0.6) is 0 Å². The van der Waals surface area contributed by atoms with E-state index in [1.165, 1.54) is 11.8 Å². The van der Waals surface area contributed by atoms with Crippen LogP contribution in [0.15, 0.2) is 83.0 Å². The molecule has 2 heterocycles. The lowest BCUT2D eigenvalue weighted by atomic mass is 9.97. The number of Topliss-reactive ketones (excluding diaryl/α,β-unsaturated/α-hetero) is 1. The van der Waals surface area contributed by atoms with Crippen molar-refractivity contribution in [1.29, 1.82) is 0 Å². The molecule has 0 N–H and O–H groups in total. The lowest BCUT2D eigenvalue weighted by Crippen LogP contribution is -2.53. The van der Waals surface area contributed by atoms with Gasteiger partial charge in [-0.3, -0.25) is 4.79 Å². The Balaban J connectivity index is 1.85. The van der Waals surface area contributed by atoms with Crippen LogP contribution in [-0.2, 0) is 9.79 Å². The fourth-order valence-corrected chi connectivity index (χ4v) is 5.57. The molecule has 2 aliphatic heterocycles. The summed E-state index contributed by atoms with van der Waals surface area (Å²) in [6.45, 7) is 5.51. The van der Waals surface area contributed by atoms with Crippen molar-refractivity contribution < 1.29 is 4.79 Å². The minimum atomic E-state index is -0.923. The largest absolute Gasteiger partial charge is 0.292 e. The summed E-state index contributed by atoms with van der Waals surface area (Å²) in [6.07, 6.45) is 0. The van der Waals surface area contributed by atoms with Gasteiger partial charge in [-0.15, -0.1) is 0 Å². The van der Waals surface area contributed by atoms with Gasteiger partial charge in [0.2, 0.25) is 4.99 Å². The number of fused-ring (bicyclic) bond motifs is 2. The predicted octanol–water partition coefficient (Wildman–Crippen LogP) is 6.16. The van der Waals surface area contributed by atoms with Crippen LogP contribution < -0.4 is 10.0 Å². The average molecular weight is 461 g/mol. The third kappa shape index (κ3) is 3.05. The van der Waals surface area contributed by atoms with Gasteiger partial charge >= 0.3 is 0 Å². The molecule has 3 aromatic carbocycles. The minimum Gasteiger partial charge on any atom is -0.292 e. The van der Waals surface area contributed by atoms with E-state index in [9.17, 15) is 4.79 Å². The Morgan fingerprint density at radius 1 is 0.906 bits per heavy atom. The molecular formula is C25H21ClN4OS. The van der Waals surface area contributed by atoms with Crippen LogP contribution >= 0.6 is 23.4 Å². The third-order valence-electron chi connectivity index (χ3n) is 5.69. The Hall–Kier alpha value is -3.09. The number of carbonyl (C=O) groups excluding carboxylic acids is 1. The Morgan fingerprint density at radius 3 is 2.38 bits per heavy atom. The van der Waals surface area contributed by atoms with E-state index < -0.39 is 4.99 Å². The molecule has 0 aromatic heterocycles. The molecule has 0 amide bonds. The van der Waals surface area contributed by atoms with Crippen LogP contribution in [0.1, 0.15) is 30.5 Å². The fourth-order valence-electron chi connectivity index (χ4n) is 4.11. The summed E-state index contributed by atoms with van der Waals surface area (Å²) >= 11 is 7.91. The Labute approximate surface area is 196 Å². The fraction of sp³-hybridized carbons (Fsp3) is 0.160. The van der Waals surface area contributed by atoms with Crippen LogP contribution in [0.4, 0.5) is 11.4 Å². The first-order valence-electron chi connectivity index (χ1n) is 10.3. The van der Waals surface area contributed by atoms with Crippen molar-refractivity contribution in [3.63, 3.8) is 0 Å². The molecule has 32 heavy (non-hydrogen) atoms. The monoisotopic (exact) mass is 460 g/mol. The second-order valence-corrected chi connectivity index (χ2v) is 9.31. The maximum atomic E-state index is 12.6. The van der Waals surface area contributed by atoms with E-state index >= 15 is 0 Å². The van der Waals surface area contributed by atoms with Crippen LogP contribution in [-0.4, -0.2) is 16.5 Å². The van der Waals surface area contributed by atoms with Crippen molar-refractivity contribution in [3.8, 4) is 0 Å². The van der Waals surface area contributed by atoms with Crippen LogP contribution in [0.25, 0.3) is 0 Å². The van der Waals surface area contributed by atoms with Crippen molar-refractivity contribution in [2.45, 2.75) is 25.8 Å². The molecular weight excluding hydrogens is 440 g/mol. The maximum Gasteiger partial charge on any atom is 0.234 e. The topological polar surface area (TPSA) is 48.3 Å². The highest BCUT2D eigenvalue weighted by atomic mass is 35.5. The van der Waals surface area contributed by atoms with Crippen molar-refractivity contribution in [3.05, 3.63) is 94.5 Å². The van der Waals surface area contributed by atoms with Gasteiger partial charge in [-0.1, -0.05) is 60.1 Å². The predicted molar refractivity (Wildman–Crippen MR) is 134 cm³/mol. The molecule has 3 aromatic rings. The van der Waals surface area contributed by atoms with Gasteiger partial charge in [0, 0.05) is 23.1 Å². The number of para-hydroxylation sites is 1. The molecule has 160 valence electrons. The van der Waals surface area contributed by atoms with Gasteiger partial charge in [-0.25, -0.2) is 10.0 Å². The molecule has 0 fully saturated rings. The molecule has 0 saturated carbocycles. The van der Waals surface area contributed by atoms with E-state index in [4.69, 9.17) is 21.8 Å². The normalized spacial score (nSPS) is 19.6. The van der Waals surface area contributed by atoms with Crippen LogP contribution in [0.3, 0.4) is 0 Å². The highest BCUT2D eigenvalue weighted by molar-refractivity contribution is 8.17. The zero-order valence-corrected chi connectivity index (χ0v) is 19.5. The highest BCUT2D eigenvalue weighted by Gasteiger charge is 2.55. The summed E-state index contributed by atoms with van der Waals surface area (Å²) in [5.74, 6) is -0.0895.